The predicted molar refractivity (Wildman–Crippen MR) is 75.0 cm³/mol. The van der Waals surface area contributed by atoms with E-state index in [-0.39, 0.29) is 17.9 Å². The lowest BCUT2D eigenvalue weighted by atomic mass is 10.1. The lowest BCUT2D eigenvalue weighted by Crippen LogP contribution is -2.33. The van der Waals surface area contributed by atoms with E-state index in [0.29, 0.717) is 12.3 Å². The molecule has 0 radical (unpaired) electrons. The highest BCUT2D eigenvalue weighted by Crippen LogP contribution is 2.57. The Morgan fingerprint density at radius 1 is 1.22 bits per heavy atom. The SMILES string of the molecule is CCCCP(=O)(CCCC)N1C(=O)C2C=CC1C2. The van der Waals surface area contributed by atoms with E-state index in [1.807, 2.05) is 6.08 Å². The van der Waals surface area contributed by atoms with Gasteiger partial charge in [0.25, 0.3) is 0 Å². The first-order chi connectivity index (χ1) is 8.62. The van der Waals surface area contributed by atoms with E-state index in [9.17, 15) is 9.36 Å². The summed E-state index contributed by atoms with van der Waals surface area (Å²) in [6.07, 6.45) is 10.4. The molecule has 4 heteroatoms. The van der Waals surface area contributed by atoms with Gasteiger partial charge >= 0.3 is 0 Å². The van der Waals surface area contributed by atoms with E-state index in [0.717, 1.165) is 32.1 Å². The van der Waals surface area contributed by atoms with Crippen LogP contribution in [0.2, 0.25) is 0 Å². The van der Waals surface area contributed by atoms with Gasteiger partial charge in [-0.1, -0.05) is 38.8 Å². The van der Waals surface area contributed by atoms with Crippen LogP contribution in [0.15, 0.2) is 12.2 Å². The molecule has 1 aliphatic carbocycles. The Kier molecular flexibility index (Phi) is 4.32. The first-order valence-electron chi connectivity index (χ1n) is 7.22. The van der Waals surface area contributed by atoms with E-state index in [1.54, 1.807) is 4.67 Å². The molecule has 2 unspecified atom stereocenters. The van der Waals surface area contributed by atoms with Gasteiger partial charge < -0.3 is 4.57 Å². The van der Waals surface area contributed by atoms with Gasteiger partial charge in [-0.25, -0.2) is 0 Å². The minimum Gasteiger partial charge on any atom is -0.300 e. The third-order valence-electron chi connectivity index (χ3n) is 4.03. The van der Waals surface area contributed by atoms with Gasteiger partial charge in [0.2, 0.25) is 5.91 Å². The number of carbonyl (C=O) groups excluding carboxylic acids is 1. The van der Waals surface area contributed by atoms with Crippen LogP contribution in [-0.4, -0.2) is 28.9 Å². The van der Waals surface area contributed by atoms with Gasteiger partial charge in [-0.3, -0.25) is 9.46 Å². The summed E-state index contributed by atoms with van der Waals surface area (Å²) in [5, 5.41) is 0. The molecule has 1 aliphatic heterocycles. The van der Waals surface area contributed by atoms with Gasteiger partial charge in [0.05, 0.1) is 12.0 Å². The van der Waals surface area contributed by atoms with Crippen LogP contribution < -0.4 is 0 Å². The molecule has 0 aromatic heterocycles. The number of nitrogens with zero attached hydrogens (tertiary/aromatic N) is 1. The van der Waals surface area contributed by atoms with Crippen molar-refractivity contribution in [3.8, 4) is 0 Å². The molecule has 1 saturated heterocycles. The molecule has 0 saturated carbocycles. The van der Waals surface area contributed by atoms with Crippen LogP contribution in [0.1, 0.15) is 46.0 Å². The van der Waals surface area contributed by atoms with Gasteiger partial charge in [0, 0.05) is 12.3 Å². The zero-order chi connectivity index (χ0) is 13.2. The van der Waals surface area contributed by atoms with Crippen molar-refractivity contribution in [1.29, 1.82) is 0 Å². The summed E-state index contributed by atoms with van der Waals surface area (Å²) in [5.41, 5.74) is 0. The fourth-order valence-electron chi connectivity index (χ4n) is 2.97. The molecular weight excluding hydrogens is 245 g/mol. The van der Waals surface area contributed by atoms with Gasteiger partial charge in [-0.05, 0) is 19.3 Å². The van der Waals surface area contributed by atoms with Crippen molar-refractivity contribution in [3.63, 3.8) is 0 Å². The molecule has 18 heavy (non-hydrogen) atoms. The monoisotopic (exact) mass is 269 g/mol. The average Bonchev–Trinajstić information content (AvgIpc) is 2.94. The van der Waals surface area contributed by atoms with Crippen LogP contribution in [-0.2, 0) is 9.36 Å². The Morgan fingerprint density at radius 2 is 1.83 bits per heavy atom. The van der Waals surface area contributed by atoms with Crippen LogP contribution in [0, 0.1) is 5.92 Å². The molecule has 1 fully saturated rings. The van der Waals surface area contributed by atoms with Crippen LogP contribution in [0.4, 0.5) is 0 Å². The number of hydrogen-bond acceptors (Lipinski definition) is 2. The molecular formula is C14H24NO2P. The van der Waals surface area contributed by atoms with Crippen LogP contribution >= 0.6 is 7.29 Å². The van der Waals surface area contributed by atoms with Crippen molar-refractivity contribution in [1.82, 2.24) is 4.67 Å². The van der Waals surface area contributed by atoms with Crippen LogP contribution in [0.5, 0.6) is 0 Å². The standard InChI is InChI=1S/C14H24NO2P/c1-3-5-9-18(17,10-6-4-2)15-13-8-7-12(11-13)14(15)16/h7-8,12-13H,3-6,9-11H2,1-2H3. The lowest BCUT2D eigenvalue weighted by molar-refractivity contribution is -0.126. The highest BCUT2D eigenvalue weighted by atomic mass is 31.2. The molecule has 1 heterocycles. The maximum atomic E-state index is 13.2. The summed E-state index contributed by atoms with van der Waals surface area (Å²) < 4.78 is 15.0. The number of carbonyl (C=O) groups is 1. The van der Waals surface area contributed by atoms with Crippen molar-refractivity contribution in [2.24, 2.45) is 5.92 Å². The van der Waals surface area contributed by atoms with Gasteiger partial charge in [-0.15, -0.1) is 0 Å². The number of amides is 1. The number of rotatable bonds is 7. The van der Waals surface area contributed by atoms with E-state index < -0.39 is 7.29 Å². The number of unbranched alkanes of at least 4 members (excludes halogenated alkanes) is 2. The first-order valence-corrected chi connectivity index (χ1v) is 9.25. The third kappa shape index (κ3) is 2.42. The van der Waals surface area contributed by atoms with Crippen molar-refractivity contribution < 1.29 is 9.36 Å². The Balaban J connectivity index is 2.15. The largest absolute Gasteiger partial charge is 0.300 e. The van der Waals surface area contributed by atoms with E-state index >= 15 is 0 Å². The maximum absolute atomic E-state index is 13.2. The van der Waals surface area contributed by atoms with Crippen LogP contribution in [0.3, 0.4) is 0 Å². The van der Waals surface area contributed by atoms with E-state index in [2.05, 4.69) is 19.9 Å². The Morgan fingerprint density at radius 3 is 2.28 bits per heavy atom. The molecule has 2 aliphatic rings. The molecule has 2 atom stereocenters. The molecule has 2 bridgehead atoms. The summed E-state index contributed by atoms with van der Waals surface area (Å²) in [5.74, 6) is 0.143. The summed E-state index contributed by atoms with van der Waals surface area (Å²) in [6.45, 7) is 4.23. The summed E-state index contributed by atoms with van der Waals surface area (Å²) >= 11 is 0. The summed E-state index contributed by atoms with van der Waals surface area (Å²) in [4.78, 5) is 12.2. The second kappa shape index (κ2) is 5.61. The number of hydrogen-bond donors (Lipinski definition) is 0. The molecule has 102 valence electrons. The van der Waals surface area contributed by atoms with E-state index in [1.165, 1.54) is 0 Å². The minimum atomic E-state index is -2.47. The lowest BCUT2D eigenvalue weighted by Gasteiger charge is -2.33. The second-order valence-corrected chi connectivity index (χ2v) is 8.50. The summed E-state index contributed by atoms with van der Waals surface area (Å²) in [6, 6.07) is 0.127. The fourth-order valence-corrected chi connectivity index (χ4v) is 6.46. The van der Waals surface area contributed by atoms with Crippen LogP contribution in [0.25, 0.3) is 0 Å². The zero-order valence-corrected chi connectivity index (χ0v) is 12.4. The second-order valence-electron chi connectivity index (χ2n) is 5.48. The minimum absolute atomic E-state index is 0.0200. The van der Waals surface area contributed by atoms with Crippen molar-refractivity contribution in [3.05, 3.63) is 12.2 Å². The Bertz CT molecular complexity index is 379. The molecule has 0 N–H and O–H groups in total. The predicted octanol–water partition coefficient (Wildman–Crippen LogP) is 3.65. The fraction of sp³-hybridized carbons (Fsp3) is 0.786. The van der Waals surface area contributed by atoms with Gasteiger partial charge in [-0.2, -0.15) is 0 Å². The quantitative estimate of drug-likeness (QED) is 0.522. The Hall–Kier alpha value is -0.560. The molecule has 0 aromatic rings. The van der Waals surface area contributed by atoms with Gasteiger partial charge in [0.1, 0.15) is 0 Å². The van der Waals surface area contributed by atoms with Gasteiger partial charge in [0.15, 0.2) is 7.29 Å². The topological polar surface area (TPSA) is 37.4 Å². The molecule has 1 amide bonds. The molecule has 3 nitrogen and oxygen atoms in total. The third-order valence-corrected chi connectivity index (χ3v) is 7.34. The highest BCUT2D eigenvalue weighted by molar-refractivity contribution is 7.62. The Labute approximate surface area is 110 Å². The summed E-state index contributed by atoms with van der Waals surface area (Å²) in [7, 11) is -2.47. The average molecular weight is 269 g/mol. The van der Waals surface area contributed by atoms with Crippen molar-refractivity contribution in [2.75, 3.05) is 12.3 Å². The first kappa shape index (κ1) is 13.9. The zero-order valence-electron chi connectivity index (χ0n) is 11.5. The maximum Gasteiger partial charge on any atom is 0.235 e. The highest BCUT2D eigenvalue weighted by Gasteiger charge is 2.48. The molecule has 0 spiro atoms. The van der Waals surface area contributed by atoms with E-state index in [4.69, 9.17) is 0 Å². The van der Waals surface area contributed by atoms with Crippen molar-refractivity contribution >= 4 is 13.2 Å². The van der Waals surface area contributed by atoms with Crippen molar-refractivity contribution in [2.45, 2.75) is 52.0 Å². The molecule has 2 rings (SSSR count). The normalized spacial score (nSPS) is 26.3. The molecule has 0 aromatic carbocycles. The smallest absolute Gasteiger partial charge is 0.235 e. The number of fused-ring (bicyclic) bond motifs is 2.